The predicted molar refractivity (Wildman–Crippen MR) is 473 cm³/mol. The zero-order chi connectivity index (χ0) is 88.5. The summed E-state index contributed by atoms with van der Waals surface area (Å²) in [5, 5.41) is 30.9. The van der Waals surface area contributed by atoms with Gasteiger partial charge in [-0.15, -0.1) is 0 Å². The lowest BCUT2D eigenvalue weighted by Gasteiger charge is -2.22. The summed E-state index contributed by atoms with van der Waals surface area (Å²) in [5.74, 6) is -1.23. The van der Waals surface area contributed by atoms with Crippen LogP contribution in [0.2, 0.25) is 35.2 Å². The Morgan fingerprint density at radius 2 is 0.862 bits per heavy atom. The van der Waals surface area contributed by atoms with Crippen LogP contribution in [0.25, 0.3) is 44.6 Å². The van der Waals surface area contributed by atoms with E-state index in [1.54, 1.807) is 113 Å². The van der Waals surface area contributed by atoms with Gasteiger partial charge in [0.2, 0.25) is 5.91 Å². The number of anilines is 4. The molecule has 3 unspecified atom stereocenters. The Balaban J connectivity index is 0.000000160. The summed E-state index contributed by atoms with van der Waals surface area (Å²) in [6.45, 7) is 15.5. The van der Waals surface area contributed by atoms with Gasteiger partial charge in [0.1, 0.15) is 59.5 Å². The van der Waals surface area contributed by atoms with E-state index in [0.29, 0.717) is 62.4 Å². The number of likely N-dealkylation sites (N-methyl/N-ethyl adjacent to an activating group) is 1. The molecule has 2 aliphatic rings. The number of carbonyl (C=O) groups excluding carboxylic acids is 1. The Kier molecular flexibility index (Phi) is 32.9. The maximum Gasteiger partial charge on any atom is 0.244 e. The van der Waals surface area contributed by atoms with Crippen molar-refractivity contribution in [2.24, 2.45) is 0 Å². The maximum atomic E-state index is 14.2. The van der Waals surface area contributed by atoms with Crippen LogP contribution in [-0.4, -0.2) is 137 Å². The van der Waals surface area contributed by atoms with Crippen molar-refractivity contribution in [1.29, 1.82) is 0 Å². The highest BCUT2D eigenvalue weighted by atomic mass is 35.5. The third kappa shape index (κ3) is 24.0. The number of amides is 1. The number of ether oxygens (including phenoxy) is 4. The van der Waals surface area contributed by atoms with Crippen molar-refractivity contribution in [2.45, 2.75) is 116 Å². The van der Waals surface area contributed by atoms with Gasteiger partial charge in [0.15, 0.2) is 46.3 Å². The van der Waals surface area contributed by atoms with Crippen LogP contribution >= 0.6 is 81.2 Å². The van der Waals surface area contributed by atoms with E-state index in [2.05, 4.69) is 61.4 Å². The highest BCUT2D eigenvalue weighted by molar-refractivity contribution is 6.37. The molecule has 0 radical (unpaired) electrons. The Labute approximate surface area is 743 Å². The predicted octanol–water partition coefficient (Wildman–Crippen LogP) is 18.6. The van der Waals surface area contributed by atoms with Gasteiger partial charge < -0.3 is 68.0 Å². The fourth-order valence-electron chi connectivity index (χ4n) is 13.4. The third-order valence-electron chi connectivity index (χ3n) is 20.2. The number of hydrogen-bond donors (Lipinski definition) is 8. The van der Waals surface area contributed by atoms with E-state index in [1.165, 1.54) is 36.4 Å². The number of halogens is 12. The lowest BCUT2D eigenvalue weighted by atomic mass is 10.1. The third-order valence-corrected chi connectivity index (χ3v) is 22.8. The molecule has 0 bridgehead atoms. The second-order valence-electron chi connectivity index (χ2n) is 29.3. The van der Waals surface area contributed by atoms with Crippen LogP contribution < -0.4 is 63.1 Å². The largest absolute Gasteiger partial charge is 0.482 e. The molecule has 2 fully saturated rings. The number of nitrogens with one attached hydrogen (secondary N) is 4. The molecule has 1 amide bonds. The highest BCUT2D eigenvalue weighted by Gasteiger charge is 2.28. The van der Waals surface area contributed by atoms with Crippen LogP contribution in [0.5, 0.6) is 23.0 Å². The molecule has 10 heterocycles. The molecule has 123 heavy (non-hydrogen) atoms. The molecule has 38 heteroatoms. The summed E-state index contributed by atoms with van der Waals surface area (Å²) in [7, 11) is 5.87. The molecular formula is C85H93Cl7F5N21O5. The molecule has 2 aliphatic heterocycles. The first-order valence-corrected chi connectivity index (χ1v) is 41.9. The minimum absolute atomic E-state index is 0.0693. The van der Waals surface area contributed by atoms with Crippen molar-refractivity contribution in [3.63, 3.8) is 0 Å². The lowest BCUT2D eigenvalue weighted by Crippen LogP contribution is -2.33. The lowest BCUT2D eigenvalue weighted by molar-refractivity contribution is -0.124. The Bertz CT molecular complexity index is 5450. The molecule has 8 aromatic heterocycles. The van der Waals surface area contributed by atoms with Gasteiger partial charge in [-0.2, -0.15) is 20.4 Å². The van der Waals surface area contributed by atoms with Crippen LogP contribution in [0.1, 0.15) is 132 Å². The molecule has 26 nitrogen and oxygen atoms in total. The van der Waals surface area contributed by atoms with E-state index in [4.69, 9.17) is 128 Å². The molecular weight excluding hydrogens is 1740 g/mol. The summed E-state index contributed by atoms with van der Waals surface area (Å²) in [4.78, 5) is 31.4. The van der Waals surface area contributed by atoms with Crippen molar-refractivity contribution in [3.8, 4) is 67.6 Å². The van der Waals surface area contributed by atoms with Gasteiger partial charge in [-0.1, -0.05) is 81.2 Å². The quantitative estimate of drug-likeness (QED) is 0.0135. The first-order chi connectivity index (χ1) is 58.9. The van der Waals surface area contributed by atoms with Gasteiger partial charge in [0.25, 0.3) is 0 Å². The van der Waals surface area contributed by atoms with Gasteiger partial charge >= 0.3 is 0 Å². The fraction of sp³-hybridized carbons (Fsp3) is 0.329. The number of benzene rings is 4. The topological polar surface area (TPSA) is 332 Å². The van der Waals surface area contributed by atoms with E-state index in [0.717, 1.165) is 129 Å². The van der Waals surface area contributed by atoms with E-state index < -0.39 is 59.5 Å². The Morgan fingerprint density at radius 3 is 1.32 bits per heavy atom. The van der Waals surface area contributed by atoms with Crippen molar-refractivity contribution in [3.05, 3.63) is 234 Å². The van der Waals surface area contributed by atoms with Crippen LogP contribution in [-0.2, 0) is 11.3 Å². The SMILES string of the molecule is CC(Oc1cc(-c2ccn(C3CCNCC3)n2)cnc1N)c1c(Cl)ccc(F)c1Cl.CC(Oc1cc(-c2cnn([C@H](C)C(=O)NCCCN(C)C)c2)cnc1N)c1c(Cl)ccc(F)c1Cl.CNCCn1cc(-c2cnc(N)c(OC(C)c3c(Cl)ccc(F)c3Cl)c2)cn1.C[C@@H](Oc1cc(-c2cnn(C3CCNCC3)c2)cnc1N)c1c(F)ccc(F)c1Cl. The van der Waals surface area contributed by atoms with Crippen LogP contribution in [0.4, 0.5) is 45.2 Å². The normalized spacial score (nSPS) is 14.2. The van der Waals surface area contributed by atoms with Gasteiger partial charge in [-0.25, -0.2) is 41.9 Å². The summed E-state index contributed by atoms with van der Waals surface area (Å²) in [5.41, 5.74) is 31.2. The monoisotopic (exact) mass is 1830 g/mol. The molecule has 14 rings (SSSR count). The second-order valence-corrected chi connectivity index (χ2v) is 32.0. The van der Waals surface area contributed by atoms with E-state index in [9.17, 15) is 26.7 Å². The molecule has 0 aliphatic carbocycles. The van der Waals surface area contributed by atoms with Gasteiger partial charge in [0.05, 0.1) is 63.0 Å². The average Bonchev–Trinajstić information content (AvgIpc) is 1.12. The Morgan fingerprint density at radius 1 is 0.480 bits per heavy atom. The summed E-state index contributed by atoms with van der Waals surface area (Å²) < 4.78 is 101. The van der Waals surface area contributed by atoms with Gasteiger partial charge in [-0.05, 0) is 199 Å². The van der Waals surface area contributed by atoms with Crippen molar-refractivity contribution < 1.29 is 45.7 Å². The summed E-state index contributed by atoms with van der Waals surface area (Å²) in [6.07, 6.45) is 21.5. The minimum Gasteiger partial charge on any atom is -0.482 e. The summed E-state index contributed by atoms with van der Waals surface area (Å²) in [6, 6.07) is 19.1. The number of nitrogens with two attached hydrogens (primary N) is 4. The first kappa shape index (κ1) is 93.4. The van der Waals surface area contributed by atoms with Crippen molar-refractivity contribution in [2.75, 3.05) is 89.9 Å². The maximum absolute atomic E-state index is 14.2. The number of rotatable bonds is 27. The average molecular weight is 1830 g/mol. The Hall–Kier alpha value is -10.3. The summed E-state index contributed by atoms with van der Waals surface area (Å²) >= 11 is 42.8. The van der Waals surface area contributed by atoms with Crippen LogP contribution in [0, 0.1) is 29.1 Å². The first-order valence-electron chi connectivity index (χ1n) is 39.2. The molecule has 0 spiro atoms. The second kappa shape index (κ2) is 43.4. The number of carbonyl (C=O) groups is 1. The van der Waals surface area contributed by atoms with Crippen molar-refractivity contribution in [1.82, 2.24) is 85.2 Å². The van der Waals surface area contributed by atoms with E-state index >= 15 is 0 Å². The zero-order valence-electron chi connectivity index (χ0n) is 68.3. The highest BCUT2D eigenvalue weighted by Crippen LogP contribution is 2.43. The van der Waals surface area contributed by atoms with Crippen LogP contribution in [0.3, 0.4) is 0 Å². The fourth-order valence-corrected chi connectivity index (χ4v) is 15.8. The van der Waals surface area contributed by atoms with Crippen molar-refractivity contribution >= 4 is 110 Å². The number of hydrogen-bond acceptors (Lipinski definition) is 21. The molecule has 0 saturated carbocycles. The number of pyridine rings is 4. The minimum atomic E-state index is -0.870. The number of aromatic nitrogens is 12. The zero-order valence-corrected chi connectivity index (χ0v) is 73.6. The number of piperidine rings is 2. The van der Waals surface area contributed by atoms with Gasteiger partial charge in [-0.3, -0.25) is 23.5 Å². The standard InChI is InChI=1S/C24H29Cl2FN6O2.C21H22Cl2FN5O.C21H22ClF2N5O.C19H20Cl2FN5O/c1-14(24(34)29-8-5-9-32(3)4)33-13-17(12-31-33)16-10-20(23(28)30-11-16)35-15(2)21-18(25)6-7-19(27)22(21)26;1-12(19-15(22)2-3-16(24)20(19)23)30-18-10-13(11-27-21(18)25)17-6-9-29(28-17)14-4-7-26-8-5-14;1-12(19-16(23)2-3-17(24)20(19)22)30-18-8-13(9-27-21(18)25)14-10-28-29(11-14)15-4-6-26-7-5-15;1-11(17-14(20)3-4-15(22)18(17)21)28-16-7-12(8-25-19(16)23)13-9-26-27(10-13)6-5-24-2/h6-7,10-15H,5,8-9H2,1-4H3,(H2,28,30)(H,29,34);2-3,6,9-12,14,26H,4-5,7-8H2,1H3,(H2,25,27);2-3,8-12,15,26H,4-7H2,1H3,(H2,25,27);3-4,7-11,24H,5-6H2,1-2H3,(H2,23,25)/t14-,15?;;12-;/m1.1./s1. The number of nitrogens with zero attached hydrogens (tertiary/aromatic N) is 13. The molecule has 12 aromatic rings. The molecule has 4 aromatic carbocycles. The molecule has 12 N–H and O–H groups in total. The molecule has 5 atom stereocenters. The van der Waals surface area contributed by atoms with Gasteiger partial charge in [0, 0.05) is 139 Å². The van der Waals surface area contributed by atoms with E-state index in [1.807, 2.05) is 59.8 Å². The van der Waals surface area contributed by atoms with Crippen LogP contribution in [0.15, 0.2) is 147 Å². The molecule has 2 saturated heterocycles. The smallest absolute Gasteiger partial charge is 0.244 e. The number of nitrogen functional groups attached to an aromatic ring is 4. The molecule has 652 valence electrons. The van der Waals surface area contributed by atoms with E-state index in [-0.39, 0.29) is 71.4 Å².